The molecule has 1 aliphatic rings. The van der Waals surface area contributed by atoms with Gasteiger partial charge in [-0.05, 0) is 32.8 Å². The molecule has 6 heteroatoms. The molecule has 1 atom stereocenters. The van der Waals surface area contributed by atoms with Crippen LogP contribution in [0.3, 0.4) is 0 Å². The fourth-order valence-corrected chi connectivity index (χ4v) is 4.13. The van der Waals surface area contributed by atoms with Gasteiger partial charge < -0.3 is 0 Å². The Morgan fingerprint density at radius 1 is 1.13 bits per heavy atom. The highest BCUT2D eigenvalue weighted by molar-refractivity contribution is 7.88. The zero-order valence-electron chi connectivity index (χ0n) is 13.7. The molecule has 23 heavy (non-hydrogen) atoms. The fourth-order valence-electron chi connectivity index (χ4n) is 3.01. The van der Waals surface area contributed by atoms with Crippen molar-refractivity contribution in [1.29, 1.82) is 0 Å². The highest BCUT2D eigenvalue weighted by Crippen LogP contribution is 2.33. The Morgan fingerprint density at radius 2 is 1.83 bits per heavy atom. The second-order valence-electron chi connectivity index (χ2n) is 6.15. The van der Waals surface area contributed by atoms with Crippen LogP contribution in [0.4, 0.5) is 0 Å². The van der Waals surface area contributed by atoms with E-state index in [1.165, 1.54) is 16.1 Å². The van der Waals surface area contributed by atoms with Crippen molar-refractivity contribution >= 4 is 10.0 Å². The number of aryl methyl sites for hydroxylation is 2. The third-order valence-electron chi connectivity index (χ3n) is 4.15. The minimum atomic E-state index is -3.24. The maximum Gasteiger partial charge on any atom is 0.211 e. The second kappa shape index (κ2) is 6.02. The summed E-state index contributed by atoms with van der Waals surface area (Å²) in [4.78, 5) is 9.17. The smallest absolute Gasteiger partial charge is 0.211 e. The van der Waals surface area contributed by atoms with Crippen molar-refractivity contribution in [2.24, 2.45) is 0 Å². The van der Waals surface area contributed by atoms with Crippen molar-refractivity contribution in [3.8, 4) is 11.3 Å². The van der Waals surface area contributed by atoms with E-state index < -0.39 is 10.0 Å². The molecule has 2 heterocycles. The summed E-state index contributed by atoms with van der Waals surface area (Å²) in [6, 6.07) is 9.84. The normalized spacial score (nSPS) is 19.2. The first-order chi connectivity index (χ1) is 10.8. The number of sulfonamides is 1. The van der Waals surface area contributed by atoms with E-state index in [-0.39, 0.29) is 6.04 Å². The predicted octanol–water partition coefficient (Wildman–Crippen LogP) is 2.86. The van der Waals surface area contributed by atoms with E-state index in [9.17, 15) is 8.42 Å². The predicted molar refractivity (Wildman–Crippen MR) is 90.5 cm³/mol. The molecular formula is C17H21N3O2S. The average molecular weight is 331 g/mol. The maximum absolute atomic E-state index is 12.0. The van der Waals surface area contributed by atoms with Gasteiger partial charge in [0.2, 0.25) is 10.0 Å². The molecule has 0 amide bonds. The van der Waals surface area contributed by atoms with Gasteiger partial charge in [0, 0.05) is 17.8 Å². The summed E-state index contributed by atoms with van der Waals surface area (Å²) in [7, 11) is -3.24. The summed E-state index contributed by atoms with van der Waals surface area (Å²) in [6.45, 7) is 4.51. The lowest BCUT2D eigenvalue weighted by Crippen LogP contribution is -2.30. The Labute approximate surface area is 137 Å². The first kappa shape index (κ1) is 16.1. The molecule has 1 fully saturated rings. The molecular weight excluding hydrogens is 310 g/mol. The number of aromatic nitrogens is 2. The first-order valence-electron chi connectivity index (χ1n) is 7.74. The van der Waals surface area contributed by atoms with Crippen LogP contribution in [0.5, 0.6) is 0 Å². The molecule has 0 bridgehead atoms. The highest BCUT2D eigenvalue weighted by Gasteiger charge is 2.34. The van der Waals surface area contributed by atoms with Gasteiger partial charge in [-0.25, -0.2) is 18.4 Å². The van der Waals surface area contributed by atoms with Crippen molar-refractivity contribution in [2.45, 2.75) is 32.7 Å². The number of benzene rings is 1. The molecule has 0 saturated carbocycles. The summed E-state index contributed by atoms with van der Waals surface area (Å²) < 4.78 is 25.4. The Balaban J connectivity index is 2.02. The summed E-state index contributed by atoms with van der Waals surface area (Å²) >= 11 is 0. The van der Waals surface area contributed by atoms with Crippen molar-refractivity contribution in [3.05, 3.63) is 47.4 Å². The number of nitrogens with zero attached hydrogens (tertiary/aromatic N) is 3. The lowest BCUT2D eigenvalue weighted by molar-refractivity contribution is 0.386. The van der Waals surface area contributed by atoms with Crippen LogP contribution in [0.15, 0.2) is 30.3 Å². The van der Waals surface area contributed by atoms with Crippen LogP contribution >= 0.6 is 0 Å². The van der Waals surface area contributed by atoms with E-state index in [0.717, 1.165) is 29.8 Å². The molecule has 1 aromatic carbocycles. The minimum absolute atomic E-state index is 0.255. The van der Waals surface area contributed by atoms with Crippen molar-refractivity contribution < 1.29 is 8.42 Å². The Bertz CT molecular complexity index is 816. The van der Waals surface area contributed by atoms with Gasteiger partial charge in [0.15, 0.2) is 0 Å². The number of hydrogen-bond acceptors (Lipinski definition) is 4. The third-order valence-corrected chi connectivity index (χ3v) is 5.44. The average Bonchev–Trinajstić information content (AvgIpc) is 2.97. The maximum atomic E-state index is 12.0. The van der Waals surface area contributed by atoms with Gasteiger partial charge in [-0.15, -0.1) is 0 Å². The van der Waals surface area contributed by atoms with E-state index in [1.54, 1.807) is 0 Å². The van der Waals surface area contributed by atoms with E-state index in [1.807, 2.05) is 44.2 Å². The molecule has 1 aliphatic heterocycles. The SMILES string of the molecule is Cc1ccc(-c2cc(C)nc([C@H]3CCCN3S(C)(=O)=O)n2)cc1. The zero-order chi connectivity index (χ0) is 16.6. The molecule has 1 aromatic heterocycles. The molecule has 1 saturated heterocycles. The van der Waals surface area contributed by atoms with Crippen LogP contribution in [0, 0.1) is 13.8 Å². The minimum Gasteiger partial charge on any atom is -0.236 e. The largest absolute Gasteiger partial charge is 0.236 e. The van der Waals surface area contributed by atoms with E-state index in [4.69, 9.17) is 0 Å². The van der Waals surface area contributed by atoms with Crippen molar-refractivity contribution in [3.63, 3.8) is 0 Å². The van der Waals surface area contributed by atoms with E-state index in [0.29, 0.717) is 12.4 Å². The van der Waals surface area contributed by atoms with Crippen LogP contribution in [0.1, 0.15) is 36.0 Å². The number of hydrogen-bond donors (Lipinski definition) is 0. The standard InChI is InChI=1S/C17H21N3O2S/c1-12-6-8-14(9-7-12)15-11-13(2)18-17(19-15)16-5-4-10-20(16)23(3,21)22/h6-9,11,16H,4-5,10H2,1-3H3/t16-/m1/s1. The van der Waals surface area contributed by atoms with Gasteiger partial charge in [0.25, 0.3) is 0 Å². The summed E-state index contributed by atoms with van der Waals surface area (Å²) in [5.74, 6) is 0.600. The second-order valence-corrected chi connectivity index (χ2v) is 8.09. The molecule has 0 spiro atoms. The monoisotopic (exact) mass is 331 g/mol. The molecule has 5 nitrogen and oxygen atoms in total. The molecule has 0 aliphatic carbocycles. The van der Waals surface area contributed by atoms with Crippen LogP contribution in [-0.2, 0) is 10.0 Å². The lowest BCUT2D eigenvalue weighted by Gasteiger charge is -2.21. The van der Waals surface area contributed by atoms with Crippen molar-refractivity contribution in [1.82, 2.24) is 14.3 Å². The molecule has 2 aromatic rings. The Hall–Kier alpha value is -1.79. The van der Waals surface area contributed by atoms with Gasteiger partial charge in [0.05, 0.1) is 18.0 Å². The van der Waals surface area contributed by atoms with Crippen LogP contribution in [0.25, 0.3) is 11.3 Å². The molecule has 3 rings (SSSR count). The Morgan fingerprint density at radius 3 is 2.48 bits per heavy atom. The summed E-state index contributed by atoms with van der Waals surface area (Å²) in [6.07, 6.45) is 2.86. The highest BCUT2D eigenvalue weighted by atomic mass is 32.2. The van der Waals surface area contributed by atoms with Crippen LogP contribution < -0.4 is 0 Å². The molecule has 0 N–H and O–H groups in total. The number of rotatable bonds is 3. The topological polar surface area (TPSA) is 63.2 Å². The van der Waals surface area contributed by atoms with Gasteiger partial charge in [0.1, 0.15) is 5.82 Å². The molecule has 0 unspecified atom stereocenters. The van der Waals surface area contributed by atoms with E-state index in [2.05, 4.69) is 9.97 Å². The van der Waals surface area contributed by atoms with E-state index >= 15 is 0 Å². The summed E-state index contributed by atoms with van der Waals surface area (Å²) in [5.41, 5.74) is 3.91. The molecule has 0 radical (unpaired) electrons. The summed E-state index contributed by atoms with van der Waals surface area (Å²) in [5, 5.41) is 0. The van der Waals surface area contributed by atoms with Crippen molar-refractivity contribution in [2.75, 3.05) is 12.8 Å². The van der Waals surface area contributed by atoms with Gasteiger partial charge in [-0.1, -0.05) is 29.8 Å². The van der Waals surface area contributed by atoms with Gasteiger partial charge in [-0.2, -0.15) is 4.31 Å². The Kier molecular flexibility index (Phi) is 4.21. The zero-order valence-corrected chi connectivity index (χ0v) is 14.5. The molecule has 122 valence electrons. The van der Waals surface area contributed by atoms with Crippen LogP contribution in [0.2, 0.25) is 0 Å². The van der Waals surface area contributed by atoms with Gasteiger partial charge in [-0.3, -0.25) is 0 Å². The third kappa shape index (κ3) is 3.43. The fraction of sp³-hybridized carbons (Fsp3) is 0.412. The van der Waals surface area contributed by atoms with Crippen LogP contribution in [-0.4, -0.2) is 35.5 Å². The quantitative estimate of drug-likeness (QED) is 0.867. The van der Waals surface area contributed by atoms with Gasteiger partial charge >= 0.3 is 0 Å². The first-order valence-corrected chi connectivity index (χ1v) is 9.59. The lowest BCUT2D eigenvalue weighted by atomic mass is 10.1.